The van der Waals surface area contributed by atoms with E-state index in [0.29, 0.717) is 12.1 Å². The first-order chi connectivity index (χ1) is 9.97. The standard InChI is InChI=1S/C15H17N3O3/c1-10(19)17-12-5-3-4-11(8-12)15-16-9-13(18(15)2)6-7-14(20)21/h3-5,8-9H,6-7H2,1-2H3,(H,17,19)(H,20,21). The predicted octanol–water partition coefficient (Wildman–Crippen LogP) is 2.06. The fourth-order valence-electron chi connectivity index (χ4n) is 2.12. The Morgan fingerprint density at radius 3 is 2.81 bits per heavy atom. The van der Waals surface area contributed by atoms with Crippen molar-refractivity contribution in [1.29, 1.82) is 0 Å². The molecule has 0 aliphatic heterocycles. The first kappa shape index (κ1) is 14.8. The lowest BCUT2D eigenvalue weighted by molar-refractivity contribution is -0.137. The third-order valence-corrected chi connectivity index (χ3v) is 3.12. The van der Waals surface area contributed by atoms with Gasteiger partial charge in [0, 0.05) is 37.1 Å². The summed E-state index contributed by atoms with van der Waals surface area (Å²) in [6.07, 6.45) is 2.19. The number of hydrogen-bond acceptors (Lipinski definition) is 3. The number of carboxylic acid groups (broad SMARTS) is 1. The summed E-state index contributed by atoms with van der Waals surface area (Å²) in [4.78, 5) is 26.1. The minimum atomic E-state index is -0.828. The van der Waals surface area contributed by atoms with Crippen molar-refractivity contribution in [1.82, 2.24) is 9.55 Å². The van der Waals surface area contributed by atoms with Crippen LogP contribution in [-0.4, -0.2) is 26.5 Å². The van der Waals surface area contributed by atoms with Crippen molar-refractivity contribution in [3.05, 3.63) is 36.2 Å². The second kappa shape index (κ2) is 6.21. The number of carbonyl (C=O) groups excluding carboxylic acids is 1. The molecule has 1 aromatic carbocycles. The quantitative estimate of drug-likeness (QED) is 0.881. The second-order valence-corrected chi connectivity index (χ2v) is 4.79. The minimum absolute atomic E-state index is 0.0743. The zero-order valence-electron chi connectivity index (χ0n) is 12.0. The molecule has 2 aromatic rings. The number of aromatic nitrogens is 2. The number of rotatable bonds is 5. The highest BCUT2D eigenvalue weighted by molar-refractivity contribution is 5.89. The van der Waals surface area contributed by atoms with Crippen LogP contribution in [-0.2, 0) is 23.1 Å². The van der Waals surface area contributed by atoms with Gasteiger partial charge in [0.15, 0.2) is 0 Å². The van der Waals surface area contributed by atoms with Crippen LogP contribution in [0.15, 0.2) is 30.5 Å². The van der Waals surface area contributed by atoms with Crippen LogP contribution in [0.3, 0.4) is 0 Å². The number of carbonyl (C=O) groups is 2. The van der Waals surface area contributed by atoms with Gasteiger partial charge in [0.1, 0.15) is 5.82 Å². The van der Waals surface area contributed by atoms with Gasteiger partial charge in [0.25, 0.3) is 0 Å². The fraction of sp³-hybridized carbons (Fsp3) is 0.267. The normalized spacial score (nSPS) is 10.4. The van der Waals surface area contributed by atoms with Crippen molar-refractivity contribution in [2.45, 2.75) is 19.8 Å². The lowest BCUT2D eigenvalue weighted by Gasteiger charge is -2.07. The Labute approximate surface area is 122 Å². The van der Waals surface area contributed by atoms with Crippen molar-refractivity contribution >= 4 is 17.6 Å². The maximum atomic E-state index is 11.1. The first-order valence-corrected chi connectivity index (χ1v) is 6.58. The summed E-state index contributed by atoms with van der Waals surface area (Å²) in [5, 5.41) is 11.5. The molecule has 6 heteroatoms. The maximum Gasteiger partial charge on any atom is 0.303 e. The Hall–Kier alpha value is -2.63. The molecule has 0 saturated heterocycles. The molecule has 21 heavy (non-hydrogen) atoms. The van der Waals surface area contributed by atoms with E-state index >= 15 is 0 Å². The zero-order chi connectivity index (χ0) is 15.4. The highest BCUT2D eigenvalue weighted by Gasteiger charge is 2.10. The zero-order valence-corrected chi connectivity index (χ0v) is 12.0. The predicted molar refractivity (Wildman–Crippen MR) is 78.9 cm³/mol. The number of imidazole rings is 1. The molecular weight excluding hydrogens is 270 g/mol. The van der Waals surface area contributed by atoms with Gasteiger partial charge in [-0.05, 0) is 18.6 Å². The Bertz CT molecular complexity index is 677. The number of carboxylic acids is 1. The van der Waals surface area contributed by atoms with E-state index in [-0.39, 0.29) is 12.3 Å². The summed E-state index contributed by atoms with van der Waals surface area (Å²) in [5.74, 6) is -0.220. The molecular formula is C15H17N3O3. The smallest absolute Gasteiger partial charge is 0.303 e. The summed E-state index contributed by atoms with van der Waals surface area (Å²) in [5.41, 5.74) is 2.43. The van der Waals surface area contributed by atoms with Crippen molar-refractivity contribution in [2.24, 2.45) is 7.05 Å². The summed E-state index contributed by atoms with van der Waals surface area (Å²) < 4.78 is 1.87. The number of nitrogens with one attached hydrogen (secondary N) is 1. The monoisotopic (exact) mass is 287 g/mol. The van der Waals surface area contributed by atoms with Crippen molar-refractivity contribution in [3.8, 4) is 11.4 Å². The molecule has 1 amide bonds. The summed E-state index contributed by atoms with van der Waals surface area (Å²) in [6, 6.07) is 7.38. The third kappa shape index (κ3) is 3.68. The van der Waals surface area contributed by atoms with E-state index in [1.165, 1.54) is 6.92 Å². The van der Waals surface area contributed by atoms with E-state index in [4.69, 9.17) is 5.11 Å². The van der Waals surface area contributed by atoms with Crippen LogP contribution in [0.2, 0.25) is 0 Å². The number of benzene rings is 1. The number of aryl methyl sites for hydroxylation is 1. The number of anilines is 1. The van der Waals surface area contributed by atoms with Crippen LogP contribution in [0.25, 0.3) is 11.4 Å². The molecule has 0 radical (unpaired) electrons. The molecule has 2 rings (SSSR count). The lowest BCUT2D eigenvalue weighted by Crippen LogP contribution is -2.06. The van der Waals surface area contributed by atoms with Crippen LogP contribution in [0.5, 0.6) is 0 Å². The van der Waals surface area contributed by atoms with E-state index < -0.39 is 5.97 Å². The van der Waals surface area contributed by atoms with Crippen LogP contribution >= 0.6 is 0 Å². The van der Waals surface area contributed by atoms with E-state index in [1.54, 1.807) is 12.3 Å². The molecule has 0 bridgehead atoms. The van der Waals surface area contributed by atoms with Crippen LogP contribution < -0.4 is 5.32 Å². The largest absolute Gasteiger partial charge is 0.481 e. The Morgan fingerprint density at radius 2 is 2.14 bits per heavy atom. The Kier molecular flexibility index (Phi) is 4.37. The van der Waals surface area contributed by atoms with E-state index in [2.05, 4.69) is 10.3 Å². The van der Waals surface area contributed by atoms with Gasteiger partial charge in [0.05, 0.1) is 6.42 Å². The van der Waals surface area contributed by atoms with Gasteiger partial charge in [0.2, 0.25) is 5.91 Å². The molecule has 0 atom stereocenters. The average Bonchev–Trinajstić information content (AvgIpc) is 2.77. The molecule has 1 aromatic heterocycles. The van der Waals surface area contributed by atoms with Gasteiger partial charge in [-0.2, -0.15) is 0 Å². The first-order valence-electron chi connectivity index (χ1n) is 6.58. The molecule has 2 N–H and O–H groups in total. The number of hydrogen-bond donors (Lipinski definition) is 2. The van der Waals surface area contributed by atoms with Crippen LogP contribution in [0.1, 0.15) is 19.0 Å². The molecule has 1 heterocycles. The molecule has 0 unspecified atom stereocenters. The van der Waals surface area contributed by atoms with E-state index in [1.807, 2.05) is 29.8 Å². The number of aliphatic carboxylic acids is 1. The second-order valence-electron chi connectivity index (χ2n) is 4.79. The van der Waals surface area contributed by atoms with Gasteiger partial charge in [-0.25, -0.2) is 4.98 Å². The lowest BCUT2D eigenvalue weighted by atomic mass is 10.2. The van der Waals surface area contributed by atoms with Crippen LogP contribution in [0.4, 0.5) is 5.69 Å². The van der Waals surface area contributed by atoms with Gasteiger partial charge in [-0.3, -0.25) is 9.59 Å². The maximum absolute atomic E-state index is 11.1. The van der Waals surface area contributed by atoms with Crippen molar-refractivity contribution in [3.63, 3.8) is 0 Å². The van der Waals surface area contributed by atoms with E-state index in [9.17, 15) is 9.59 Å². The van der Waals surface area contributed by atoms with E-state index in [0.717, 1.165) is 17.1 Å². The summed E-state index contributed by atoms with van der Waals surface area (Å²) in [6.45, 7) is 1.46. The molecule has 0 aliphatic carbocycles. The van der Waals surface area contributed by atoms with Crippen molar-refractivity contribution < 1.29 is 14.7 Å². The molecule has 0 aliphatic rings. The number of amides is 1. The SMILES string of the molecule is CC(=O)Nc1cccc(-c2ncc(CCC(=O)O)n2C)c1. The van der Waals surface area contributed by atoms with Gasteiger partial charge >= 0.3 is 5.97 Å². The highest BCUT2D eigenvalue weighted by Crippen LogP contribution is 2.22. The van der Waals surface area contributed by atoms with Gasteiger partial charge < -0.3 is 15.0 Å². The summed E-state index contributed by atoms with van der Waals surface area (Å²) in [7, 11) is 1.85. The third-order valence-electron chi connectivity index (χ3n) is 3.12. The van der Waals surface area contributed by atoms with Gasteiger partial charge in [-0.15, -0.1) is 0 Å². The minimum Gasteiger partial charge on any atom is -0.481 e. The van der Waals surface area contributed by atoms with Gasteiger partial charge in [-0.1, -0.05) is 12.1 Å². The van der Waals surface area contributed by atoms with Crippen LogP contribution in [0, 0.1) is 0 Å². The fourth-order valence-corrected chi connectivity index (χ4v) is 2.12. The molecule has 0 spiro atoms. The molecule has 0 saturated carbocycles. The average molecular weight is 287 g/mol. The molecule has 110 valence electrons. The molecule has 6 nitrogen and oxygen atoms in total. The Balaban J connectivity index is 2.26. The topological polar surface area (TPSA) is 84.2 Å². The summed E-state index contributed by atoms with van der Waals surface area (Å²) >= 11 is 0. The molecule has 0 fully saturated rings. The Morgan fingerprint density at radius 1 is 1.38 bits per heavy atom. The van der Waals surface area contributed by atoms with Crippen molar-refractivity contribution in [2.75, 3.05) is 5.32 Å². The highest BCUT2D eigenvalue weighted by atomic mass is 16.4. The number of nitrogens with zero attached hydrogens (tertiary/aromatic N) is 2.